The van der Waals surface area contributed by atoms with Gasteiger partial charge in [0.15, 0.2) is 5.78 Å². The lowest BCUT2D eigenvalue weighted by molar-refractivity contribution is -0.130. The summed E-state index contributed by atoms with van der Waals surface area (Å²) in [5.41, 5.74) is 0. The Kier molecular flexibility index (Phi) is 5.16. The van der Waals surface area contributed by atoms with Crippen molar-refractivity contribution < 1.29 is 9.53 Å². The molecule has 0 bridgehead atoms. The molecule has 1 saturated carbocycles. The molecule has 1 atom stereocenters. The molecule has 0 aliphatic heterocycles. The van der Waals surface area contributed by atoms with Crippen LogP contribution in [0.15, 0.2) is 0 Å². The van der Waals surface area contributed by atoms with Crippen molar-refractivity contribution in [1.82, 2.24) is 0 Å². The lowest BCUT2D eigenvalue weighted by Gasteiger charge is -2.22. The van der Waals surface area contributed by atoms with Gasteiger partial charge in [0, 0.05) is 6.42 Å². The Morgan fingerprint density at radius 1 is 1.36 bits per heavy atom. The first-order valence-electron chi connectivity index (χ1n) is 5.88. The highest BCUT2D eigenvalue weighted by molar-refractivity contribution is 5.82. The first-order chi connectivity index (χ1) is 6.74. The third-order valence-electron chi connectivity index (χ3n) is 3.11. The topological polar surface area (TPSA) is 26.3 Å². The van der Waals surface area contributed by atoms with Crippen LogP contribution >= 0.6 is 0 Å². The summed E-state index contributed by atoms with van der Waals surface area (Å²) < 4.78 is 5.58. The van der Waals surface area contributed by atoms with Crippen molar-refractivity contribution >= 4 is 5.78 Å². The molecule has 0 unspecified atom stereocenters. The van der Waals surface area contributed by atoms with E-state index in [9.17, 15) is 4.79 Å². The van der Waals surface area contributed by atoms with Crippen LogP contribution in [-0.4, -0.2) is 18.5 Å². The smallest absolute Gasteiger partial charge is 0.160 e. The van der Waals surface area contributed by atoms with Gasteiger partial charge < -0.3 is 4.74 Å². The average Bonchev–Trinajstić information content (AvgIpc) is 2.26. The summed E-state index contributed by atoms with van der Waals surface area (Å²) in [7, 11) is 0. The number of ketones is 1. The normalized spacial score (nSPS) is 20.7. The predicted octanol–water partition coefficient (Wildman–Crippen LogP) is 2.95. The quantitative estimate of drug-likeness (QED) is 0.679. The molecule has 0 heterocycles. The van der Waals surface area contributed by atoms with Gasteiger partial charge in [0.2, 0.25) is 0 Å². The summed E-state index contributed by atoms with van der Waals surface area (Å²) >= 11 is 0. The van der Waals surface area contributed by atoms with Gasteiger partial charge in [0.1, 0.15) is 6.10 Å². The summed E-state index contributed by atoms with van der Waals surface area (Å²) in [5.74, 6) is 0.927. The Labute approximate surface area is 87.0 Å². The maximum Gasteiger partial charge on any atom is 0.160 e. The lowest BCUT2D eigenvalue weighted by atomic mass is 9.90. The van der Waals surface area contributed by atoms with Crippen molar-refractivity contribution in [3.05, 3.63) is 0 Å². The standard InChI is InChI=1S/C12H22O2/c1-3-12(13)10(2)14-9-11-7-5-4-6-8-11/h10-11H,3-9H2,1-2H3/t10-/m1/s1. The van der Waals surface area contributed by atoms with E-state index in [1.54, 1.807) is 0 Å². The van der Waals surface area contributed by atoms with E-state index in [1.165, 1.54) is 32.1 Å². The van der Waals surface area contributed by atoms with Crippen LogP contribution in [0.2, 0.25) is 0 Å². The molecule has 0 N–H and O–H groups in total. The second-order valence-corrected chi connectivity index (χ2v) is 4.30. The molecule has 1 rings (SSSR count). The molecule has 0 spiro atoms. The van der Waals surface area contributed by atoms with Crippen molar-refractivity contribution in [2.45, 2.75) is 58.5 Å². The number of carbonyl (C=O) groups excluding carboxylic acids is 1. The van der Waals surface area contributed by atoms with E-state index >= 15 is 0 Å². The summed E-state index contributed by atoms with van der Waals surface area (Å²) in [6.45, 7) is 4.55. The fraction of sp³-hybridized carbons (Fsp3) is 0.917. The minimum atomic E-state index is -0.193. The van der Waals surface area contributed by atoms with Crippen LogP contribution in [-0.2, 0) is 9.53 Å². The van der Waals surface area contributed by atoms with Gasteiger partial charge in [0.25, 0.3) is 0 Å². The number of hydrogen-bond acceptors (Lipinski definition) is 2. The average molecular weight is 198 g/mol. The third kappa shape index (κ3) is 3.79. The molecule has 0 amide bonds. The fourth-order valence-corrected chi connectivity index (χ4v) is 2.01. The Morgan fingerprint density at radius 3 is 2.57 bits per heavy atom. The van der Waals surface area contributed by atoms with E-state index in [4.69, 9.17) is 4.74 Å². The molecule has 0 aromatic heterocycles. The molecule has 14 heavy (non-hydrogen) atoms. The first kappa shape index (κ1) is 11.7. The monoisotopic (exact) mass is 198 g/mol. The lowest BCUT2D eigenvalue weighted by Crippen LogP contribution is -2.24. The zero-order valence-electron chi connectivity index (χ0n) is 9.42. The van der Waals surface area contributed by atoms with Gasteiger partial charge in [-0.25, -0.2) is 0 Å². The summed E-state index contributed by atoms with van der Waals surface area (Å²) in [6.07, 6.45) is 7.02. The number of Topliss-reactive ketones (excluding diaryl/α,β-unsaturated/α-hetero) is 1. The Hall–Kier alpha value is -0.370. The van der Waals surface area contributed by atoms with Gasteiger partial charge in [-0.2, -0.15) is 0 Å². The maximum atomic E-state index is 11.3. The van der Waals surface area contributed by atoms with E-state index in [1.807, 2.05) is 13.8 Å². The molecular weight excluding hydrogens is 176 g/mol. The van der Waals surface area contributed by atoms with E-state index in [0.717, 1.165) is 6.61 Å². The highest BCUT2D eigenvalue weighted by Gasteiger charge is 2.17. The molecule has 1 aliphatic rings. The van der Waals surface area contributed by atoms with E-state index < -0.39 is 0 Å². The van der Waals surface area contributed by atoms with E-state index in [-0.39, 0.29) is 11.9 Å². The first-order valence-corrected chi connectivity index (χ1v) is 5.88. The molecule has 0 aromatic rings. The van der Waals surface area contributed by atoms with Crippen LogP contribution in [0.3, 0.4) is 0 Å². The van der Waals surface area contributed by atoms with Crippen LogP contribution in [0.4, 0.5) is 0 Å². The van der Waals surface area contributed by atoms with Crippen LogP contribution < -0.4 is 0 Å². The largest absolute Gasteiger partial charge is 0.370 e. The Morgan fingerprint density at radius 2 is 2.00 bits per heavy atom. The molecule has 0 radical (unpaired) electrons. The molecule has 1 aliphatic carbocycles. The highest BCUT2D eigenvalue weighted by Crippen LogP contribution is 2.24. The fourth-order valence-electron chi connectivity index (χ4n) is 2.01. The number of rotatable bonds is 5. The van der Waals surface area contributed by atoms with E-state index in [2.05, 4.69) is 0 Å². The zero-order valence-corrected chi connectivity index (χ0v) is 9.42. The molecule has 2 heteroatoms. The highest BCUT2D eigenvalue weighted by atomic mass is 16.5. The third-order valence-corrected chi connectivity index (χ3v) is 3.11. The molecule has 1 fully saturated rings. The second-order valence-electron chi connectivity index (χ2n) is 4.30. The van der Waals surface area contributed by atoms with Gasteiger partial charge in [0.05, 0.1) is 6.61 Å². The predicted molar refractivity (Wildman–Crippen MR) is 57.3 cm³/mol. The van der Waals surface area contributed by atoms with E-state index in [0.29, 0.717) is 12.3 Å². The second kappa shape index (κ2) is 6.18. The van der Waals surface area contributed by atoms with Gasteiger partial charge in [-0.3, -0.25) is 4.79 Å². The minimum absolute atomic E-state index is 0.193. The summed E-state index contributed by atoms with van der Waals surface area (Å²) in [5, 5.41) is 0. The number of carbonyl (C=O) groups is 1. The number of ether oxygens (including phenoxy) is 1. The maximum absolute atomic E-state index is 11.3. The summed E-state index contributed by atoms with van der Waals surface area (Å²) in [4.78, 5) is 11.3. The number of hydrogen-bond donors (Lipinski definition) is 0. The summed E-state index contributed by atoms with van der Waals surface area (Å²) in [6, 6.07) is 0. The van der Waals surface area contributed by atoms with Crippen molar-refractivity contribution in [3.63, 3.8) is 0 Å². The Bertz CT molecular complexity index is 171. The molecule has 82 valence electrons. The zero-order chi connectivity index (χ0) is 10.4. The molecule has 2 nitrogen and oxygen atoms in total. The van der Waals surface area contributed by atoms with Crippen molar-refractivity contribution in [2.75, 3.05) is 6.61 Å². The van der Waals surface area contributed by atoms with Gasteiger partial charge in [-0.05, 0) is 25.7 Å². The SMILES string of the molecule is CCC(=O)[C@@H](C)OCC1CCCCC1. The van der Waals surface area contributed by atoms with Crippen molar-refractivity contribution in [1.29, 1.82) is 0 Å². The molecule has 0 saturated heterocycles. The van der Waals surface area contributed by atoms with Crippen molar-refractivity contribution in [2.24, 2.45) is 5.92 Å². The molecule has 0 aromatic carbocycles. The van der Waals surface area contributed by atoms with Gasteiger partial charge in [-0.1, -0.05) is 26.2 Å². The molecular formula is C12H22O2. The van der Waals surface area contributed by atoms with Crippen LogP contribution in [0.1, 0.15) is 52.4 Å². The minimum Gasteiger partial charge on any atom is -0.370 e. The van der Waals surface area contributed by atoms with Crippen molar-refractivity contribution in [3.8, 4) is 0 Å². The van der Waals surface area contributed by atoms with Crippen LogP contribution in [0.5, 0.6) is 0 Å². The van der Waals surface area contributed by atoms with Gasteiger partial charge in [-0.15, -0.1) is 0 Å². The van der Waals surface area contributed by atoms with Crippen LogP contribution in [0.25, 0.3) is 0 Å². The van der Waals surface area contributed by atoms with Crippen LogP contribution in [0, 0.1) is 5.92 Å². The Balaban J connectivity index is 2.15. The van der Waals surface area contributed by atoms with Gasteiger partial charge >= 0.3 is 0 Å².